The van der Waals surface area contributed by atoms with Crippen LogP contribution in [-0.2, 0) is 0 Å². The van der Waals surface area contributed by atoms with Crippen molar-refractivity contribution >= 4 is 13.4 Å². The van der Waals surface area contributed by atoms with Gasteiger partial charge in [0.05, 0.1) is 8.07 Å². The van der Waals surface area contributed by atoms with Crippen molar-refractivity contribution < 1.29 is 8.78 Å². The van der Waals surface area contributed by atoms with E-state index in [0.717, 1.165) is 5.30 Å². The fraction of sp³-hybridized carbons (Fsp3) is 0.111. The molecule has 0 fully saturated rings. The van der Waals surface area contributed by atoms with E-state index in [1.807, 2.05) is 6.07 Å². The van der Waals surface area contributed by atoms with Crippen molar-refractivity contribution in [2.24, 2.45) is 0 Å². The summed E-state index contributed by atoms with van der Waals surface area (Å²) in [5.74, 6) is 0. The van der Waals surface area contributed by atoms with Crippen LogP contribution in [0.2, 0.25) is 0 Å². The number of halogens is 2. The Labute approximate surface area is 77.3 Å². The molecule has 1 aromatic carbocycles. The lowest BCUT2D eigenvalue weighted by atomic mass is 10.4. The lowest BCUT2D eigenvalue weighted by Gasteiger charge is -2.12. The molecule has 0 aliphatic carbocycles. The summed E-state index contributed by atoms with van der Waals surface area (Å²) >= 11 is 0. The predicted molar refractivity (Wildman–Crippen MR) is 52.4 cm³/mol. The quantitative estimate of drug-likeness (QED) is 0.741. The molecule has 70 valence electrons. The van der Waals surface area contributed by atoms with Gasteiger partial charge in [0.15, 0.2) is 5.57 Å². The second kappa shape index (κ2) is 5.05. The molecule has 1 rings (SSSR count). The summed E-state index contributed by atoms with van der Waals surface area (Å²) in [6, 6.07) is 8.97. The number of benzene rings is 1. The average Bonchev–Trinajstić information content (AvgIpc) is 2.20. The van der Waals surface area contributed by atoms with E-state index < -0.39 is 13.6 Å². The largest absolute Gasteiger partial charge is 0.290 e. The number of hydrogen-bond donors (Lipinski definition) is 1. The summed E-state index contributed by atoms with van der Waals surface area (Å²) in [5, 5.41) is 3.52. The molecule has 0 heterocycles. The van der Waals surface area contributed by atoms with Crippen molar-refractivity contribution in [2.45, 2.75) is 0 Å². The topological polar surface area (TPSA) is 12.0 Å². The molecule has 1 N–H and O–H groups in total. The number of rotatable bonds is 3. The zero-order valence-corrected chi connectivity index (χ0v) is 8.06. The molecule has 1 unspecified atom stereocenters. The summed E-state index contributed by atoms with van der Waals surface area (Å²) in [6.07, 6.45) is 0.00913. The van der Waals surface area contributed by atoms with Crippen LogP contribution < -0.4 is 10.4 Å². The molecule has 1 aromatic rings. The molecule has 0 bridgehead atoms. The van der Waals surface area contributed by atoms with E-state index in [2.05, 4.69) is 5.09 Å². The molecule has 4 heteroatoms. The maximum Gasteiger partial charge on any atom is 0.169 e. The molecule has 0 amide bonds. The Morgan fingerprint density at radius 1 is 1.38 bits per heavy atom. The first-order valence-electron chi connectivity index (χ1n) is 3.78. The van der Waals surface area contributed by atoms with Crippen LogP contribution >= 0.6 is 8.07 Å². The third kappa shape index (κ3) is 2.58. The Bertz CT molecular complexity index is 287. The molecule has 0 spiro atoms. The van der Waals surface area contributed by atoms with Gasteiger partial charge in [-0.25, -0.2) is 8.78 Å². The second-order valence-electron chi connectivity index (χ2n) is 2.33. The van der Waals surface area contributed by atoms with Crippen LogP contribution in [0.3, 0.4) is 0 Å². The summed E-state index contributed by atoms with van der Waals surface area (Å²) in [4.78, 5) is 0. The molecule has 1 atom stereocenters. The molecular formula is C9H10F2NP. The Morgan fingerprint density at radius 3 is 2.46 bits per heavy atom. The van der Waals surface area contributed by atoms with Gasteiger partial charge in [0.1, 0.15) is 6.33 Å². The zero-order chi connectivity index (χ0) is 9.68. The lowest BCUT2D eigenvalue weighted by Crippen LogP contribution is -2.10. The first-order valence-corrected chi connectivity index (χ1v) is 5.12. The lowest BCUT2D eigenvalue weighted by molar-refractivity contribution is 0.626. The van der Waals surface area contributed by atoms with E-state index in [-0.39, 0.29) is 6.33 Å². The Morgan fingerprint density at radius 2 is 2.00 bits per heavy atom. The zero-order valence-electron chi connectivity index (χ0n) is 7.17. The van der Waals surface area contributed by atoms with Gasteiger partial charge in [-0.2, -0.15) is 0 Å². The molecule has 0 aliphatic heterocycles. The Kier molecular flexibility index (Phi) is 4.00. The van der Waals surface area contributed by atoms with Gasteiger partial charge in [-0.05, 0) is 12.4 Å². The highest BCUT2D eigenvalue weighted by molar-refractivity contribution is 7.67. The standard InChI is InChI=1S/C9H10F2NP/c1-12-13(9(11)7-10)8-5-3-2-4-6-8/h2-7,12H,1H3/b9-7+. The molecule has 0 aromatic heterocycles. The number of hydrogen-bond acceptors (Lipinski definition) is 1. The molecule has 0 radical (unpaired) electrons. The van der Waals surface area contributed by atoms with Crippen molar-refractivity contribution in [3.05, 3.63) is 42.2 Å². The first-order chi connectivity index (χ1) is 6.29. The van der Waals surface area contributed by atoms with Crippen molar-refractivity contribution in [1.82, 2.24) is 5.09 Å². The van der Waals surface area contributed by atoms with E-state index in [1.165, 1.54) is 0 Å². The molecule has 0 saturated heterocycles. The van der Waals surface area contributed by atoms with Gasteiger partial charge in [0.25, 0.3) is 0 Å². The van der Waals surface area contributed by atoms with Crippen molar-refractivity contribution in [2.75, 3.05) is 7.05 Å². The van der Waals surface area contributed by atoms with Crippen LogP contribution in [0.25, 0.3) is 0 Å². The minimum Gasteiger partial charge on any atom is -0.290 e. The van der Waals surface area contributed by atoms with Gasteiger partial charge in [-0.15, -0.1) is 0 Å². The summed E-state index contributed by atoms with van der Waals surface area (Å²) in [6.45, 7) is 0. The van der Waals surface area contributed by atoms with E-state index in [4.69, 9.17) is 0 Å². The SMILES string of the molecule is CNP(/C(F)=C/F)c1ccccc1. The molecular weight excluding hydrogens is 191 g/mol. The van der Waals surface area contributed by atoms with Crippen LogP contribution in [-0.4, -0.2) is 7.05 Å². The predicted octanol–water partition coefficient (Wildman–Crippen LogP) is 2.67. The highest BCUT2D eigenvalue weighted by Crippen LogP contribution is 2.39. The van der Waals surface area contributed by atoms with Crippen molar-refractivity contribution in [3.63, 3.8) is 0 Å². The Balaban J connectivity index is 2.91. The van der Waals surface area contributed by atoms with Crippen LogP contribution in [0.1, 0.15) is 0 Å². The van der Waals surface area contributed by atoms with Crippen LogP contribution in [0.15, 0.2) is 42.2 Å². The van der Waals surface area contributed by atoms with E-state index in [0.29, 0.717) is 0 Å². The number of nitrogens with one attached hydrogen (secondary N) is 1. The molecule has 1 nitrogen and oxygen atoms in total. The van der Waals surface area contributed by atoms with Gasteiger partial charge in [-0.1, -0.05) is 30.3 Å². The van der Waals surface area contributed by atoms with Gasteiger partial charge in [0.2, 0.25) is 0 Å². The van der Waals surface area contributed by atoms with E-state index >= 15 is 0 Å². The third-order valence-electron chi connectivity index (χ3n) is 1.54. The van der Waals surface area contributed by atoms with Crippen molar-refractivity contribution in [1.29, 1.82) is 0 Å². The van der Waals surface area contributed by atoms with Crippen molar-refractivity contribution in [3.8, 4) is 0 Å². The molecule has 0 saturated carbocycles. The Hall–Kier alpha value is -0.790. The maximum absolute atomic E-state index is 12.9. The molecule has 13 heavy (non-hydrogen) atoms. The smallest absolute Gasteiger partial charge is 0.169 e. The second-order valence-corrected chi connectivity index (χ2v) is 4.39. The van der Waals surface area contributed by atoms with Gasteiger partial charge < -0.3 is 0 Å². The fourth-order valence-corrected chi connectivity index (χ4v) is 2.27. The minimum absolute atomic E-state index is 0.00913. The monoisotopic (exact) mass is 201 g/mol. The highest BCUT2D eigenvalue weighted by Gasteiger charge is 2.13. The third-order valence-corrected chi connectivity index (χ3v) is 3.33. The average molecular weight is 201 g/mol. The van der Waals surface area contributed by atoms with E-state index in [1.54, 1.807) is 31.3 Å². The normalized spacial score (nSPS) is 14.2. The first kappa shape index (κ1) is 10.3. The van der Waals surface area contributed by atoms with Gasteiger partial charge >= 0.3 is 0 Å². The summed E-state index contributed by atoms with van der Waals surface area (Å²) < 4.78 is 24.9. The summed E-state index contributed by atoms with van der Waals surface area (Å²) in [5.41, 5.74) is -0.747. The highest BCUT2D eigenvalue weighted by atomic mass is 31.1. The minimum atomic E-state index is -1.35. The van der Waals surface area contributed by atoms with Crippen LogP contribution in [0.4, 0.5) is 8.78 Å². The molecule has 0 aliphatic rings. The van der Waals surface area contributed by atoms with Crippen LogP contribution in [0, 0.1) is 0 Å². The van der Waals surface area contributed by atoms with Gasteiger partial charge in [-0.3, -0.25) is 5.09 Å². The van der Waals surface area contributed by atoms with E-state index in [9.17, 15) is 8.78 Å². The maximum atomic E-state index is 12.9. The summed E-state index contributed by atoms with van der Waals surface area (Å²) in [7, 11) is 0.267. The van der Waals surface area contributed by atoms with Crippen LogP contribution in [0.5, 0.6) is 0 Å². The van der Waals surface area contributed by atoms with Gasteiger partial charge in [0, 0.05) is 0 Å². The fourth-order valence-electron chi connectivity index (χ4n) is 0.985.